The van der Waals surface area contributed by atoms with Gasteiger partial charge in [-0.2, -0.15) is 0 Å². The Kier molecular flexibility index (Phi) is 8.69. The third kappa shape index (κ3) is 5.85. The molecule has 0 radical (unpaired) electrons. The summed E-state index contributed by atoms with van der Waals surface area (Å²) in [6, 6.07) is 19.9. The van der Waals surface area contributed by atoms with Crippen LogP contribution in [0.2, 0.25) is 0 Å². The quantitative estimate of drug-likeness (QED) is 0.166. The van der Waals surface area contributed by atoms with E-state index in [9.17, 15) is 9.59 Å². The number of benzene rings is 4. The van der Waals surface area contributed by atoms with Gasteiger partial charge >= 0.3 is 0 Å². The molecule has 0 bridgehead atoms. The first-order chi connectivity index (χ1) is 23.3. The van der Waals surface area contributed by atoms with Crippen molar-refractivity contribution in [1.29, 1.82) is 0 Å². The average molecular weight is 647 g/mol. The summed E-state index contributed by atoms with van der Waals surface area (Å²) in [5.41, 5.74) is 2.36. The van der Waals surface area contributed by atoms with Crippen LogP contribution >= 0.6 is 0 Å². The normalized spacial score (nSPS) is 10.7. The Labute approximate surface area is 274 Å². The maximum Gasteiger partial charge on any atom is 0.197 e. The smallest absolute Gasteiger partial charge is 0.197 e. The van der Waals surface area contributed by atoms with Gasteiger partial charge in [-0.1, -0.05) is 11.8 Å². The Morgan fingerprint density at radius 2 is 0.854 bits per heavy atom. The van der Waals surface area contributed by atoms with E-state index in [0.717, 1.165) is 0 Å². The van der Waals surface area contributed by atoms with Crippen LogP contribution in [0.3, 0.4) is 0 Å². The summed E-state index contributed by atoms with van der Waals surface area (Å²) in [7, 11) is 9.09. The van der Waals surface area contributed by atoms with Crippen molar-refractivity contribution in [3.05, 3.63) is 104 Å². The van der Waals surface area contributed by atoms with Crippen LogP contribution in [-0.2, 0) is 0 Å². The van der Waals surface area contributed by atoms with Crippen LogP contribution in [0.4, 0.5) is 0 Å². The first-order valence-corrected chi connectivity index (χ1v) is 14.6. The summed E-state index contributed by atoms with van der Waals surface area (Å²) in [6.07, 6.45) is 0. The Morgan fingerprint density at radius 1 is 0.458 bits per heavy atom. The summed E-state index contributed by atoms with van der Waals surface area (Å²) in [4.78, 5) is 26.3. The molecule has 6 rings (SSSR count). The molecule has 0 N–H and O–H groups in total. The number of hydrogen-bond acceptors (Lipinski definition) is 10. The number of rotatable bonds is 8. The fourth-order valence-corrected chi connectivity index (χ4v) is 5.35. The fourth-order valence-electron chi connectivity index (χ4n) is 5.35. The monoisotopic (exact) mass is 646 g/mol. The second-order valence-electron chi connectivity index (χ2n) is 10.4. The molecule has 0 spiro atoms. The number of methoxy groups -OCH3 is 6. The molecule has 4 aromatic carbocycles. The van der Waals surface area contributed by atoms with E-state index in [-0.39, 0.29) is 10.9 Å². The molecule has 0 amide bonds. The first-order valence-electron chi connectivity index (χ1n) is 14.6. The van der Waals surface area contributed by atoms with E-state index >= 15 is 0 Å². The van der Waals surface area contributed by atoms with Gasteiger partial charge in [0, 0.05) is 47.5 Å². The molecule has 0 fully saturated rings. The largest absolute Gasteiger partial charge is 0.496 e. The molecule has 0 atom stereocenters. The predicted molar refractivity (Wildman–Crippen MR) is 181 cm³/mol. The van der Waals surface area contributed by atoms with Crippen LogP contribution in [0.15, 0.2) is 91.2 Å². The molecule has 2 heterocycles. The van der Waals surface area contributed by atoms with Crippen molar-refractivity contribution in [2.24, 2.45) is 0 Å². The lowest BCUT2D eigenvalue weighted by Crippen LogP contribution is -2.03. The van der Waals surface area contributed by atoms with E-state index in [1.807, 2.05) is 0 Å². The zero-order valence-electron chi connectivity index (χ0n) is 27.0. The van der Waals surface area contributed by atoms with Gasteiger partial charge in [0.2, 0.25) is 0 Å². The van der Waals surface area contributed by atoms with Gasteiger partial charge in [0.1, 0.15) is 68.0 Å². The minimum absolute atomic E-state index is 0.270. The van der Waals surface area contributed by atoms with E-state index in [1.165, 1.54) is 40.6 Å². The minimum atomic E-state index is -0.270. The fraction of sp³-hybridized carbons (Fsp3) is 0.158. The maximum absolute atomic E-state index is 13.2. The highest BCUT2D eigenvalue weighted by atomic mass is 16.5. The van der Waals surface area contributed by atoms with E-state index in [2.05, 4.69) is 11.8 Å². The lowest BCUT2D eigenvalue weighted by atomic mass is 10.0. The van der Waals surface area contributed by atoms with Gasteiger partial charge in [-0.05, 0) is 36.4 Å². The van der Waals surface area contributed by atoms with Crippen molar-refractivity contribution in [2.75, 3.05) is 42.7 Å². The van der Waals surface area contributed by atoms with E-state index in [0.29, 0.717) is 90.2 Å². The highest BCUT2D eigenvalue weighted by molar-refractivity contribution is 5.87. The van der Waals surface area contributed by atoms with Crippen LogP contribution in [0.5, 0.6) is 34.5 Å². The van der Waals surface area contributed by atoms with E-state index in [1.54, 1.807) is 74.9 Å². The Balaban J connectivity index is 1.43. The molecule has 0 aliphatic rings. The Morgan fingerprint density at radius 3 is 1.21 bits per heavy atom. The van der Waals surface area contributed by atoms with Gasteiger partial charge in [0.05, 0.1) is 53.8 Å². The highest BCUT2D eigenvalue weighted by Crippen LogP contribution is 2.35. The molecule has 0 saturated heterocycles. The van der Waals surface area contributed by atoms with E-state index < -0.39 is 0 Å². The number of fused-ring (bicyclic) bond motifs is 2. The van der Waals surface area contributed by atoms with E-state index in [4.69, 9.17) is 37.3 Å². The van der Waals surface area contributed by atoms with Gasteiger partial charge in [0.15, 0.2) is 10.9 Å². The van der Waals surface area contributed by atoms with Gasteiger partial charge in [-0.25, -0.2) is 0 Å². The summed E-state index contributed by atoms with van der Waals surface area (Å²) >= 11 is 0. The van der Waals surface area contributed by atoms with Crippen LogP contribution < -0.4 is 39.3 Å². The Bertz CT molecular complexity index is 2210. The molecule has 242 valence electrons. The lowest BCUT2D eigenvalue weighted by Gasteiger charge is -2.11. The molecular formula is C38H30O10. The van der Waals surface area contributed by atoms with Crippen molar-refractivity contribution >= 4 is 21.9 Å². The van der Waals surface area contributed by atoms with Crippen molar-refractivity contribution in [1.82, 2.24) is 0 Å². The van der Waals surface area contributed by atoms with Crippen LogP contribution in [-0.4, -0.2) is 42.7 Å². The SMILES string of the molecule is COc1cc(OC)c2c(=O)cc(-c3ccc(OC)c(C#Cc4cc(-c5cc(=O)c6c(OC)cc(OC)cc6o5)ccc4OC)c3)oc2c1. The summed E-state index contributed by atoms with van der Waals surface area (Å²) < 4.78 is 45.0. The van der Waals surface area contributed by atoms with Crippen molar-refractivity contribution in [3.8, 4) is 69.0 Å². The van der Waals surface area contributed by atoms with Gasteiger partial charge in [-0.3, -0.25) is 9.59 Å². The van der Waals surface area contributed by atoms with Crippen LogP contribution in [0.1, 0.15) is 11.1 Å². The average Bonchev–Trinajstić information content (AvgIpc) is 3.12. The number of hydrogen-bond donors (Lipinski definition) is 0. The zero-order chi connectivity index (χ0) is 33.9. The molecule has 0 unspecified atom stereocenters. The van der Waals surface area contributed by atoms with Gasteiger partial charge in [-0.15, -0.1) is 0 Å². The molecular weight excluding hydrogens is 616 g/mol. The summed E-state index contributed by atoms with van der Waals surface area (Å²) in [6.45, 7) is 0. The van der Waals surface area contributed by atoms with Crippen LogP contribution in [0, 0.1) is 11.8 Å². The zero-order valence-corrected chi connectivity index (χ0v) is 27.0. The highest BCUT2D eigenvalue weighted by Gasteiger charge is 2.17. The maximum atomic E-state index is 13.2. The van der Waals surface area contributed by atoms with Gasteiger partial charge < -0.3 is 37.3 Å². The molecule has 10 nitrogen and oxygen atoms in total. The third-order valence-electron chi connectivity index (χ3n) is 7.75. The predicted octanol–water partition coefficient (Wildman–Crippen LogP) is 6.68. The first kappa shape index (κ1) is 31.6. The Hall–Kier alpha value is -6.34. The van der Waals surface area contributed by atoms with Gasteiger partial charge in [0.25, 0.3) is 0 Å². The molecule has 2 aromatic heterocycles. The molecule has 48 heavy (non-hydrogen) atoms. The molecule has 0 aliphatic heterocycles. The summed E-state index contributed by atoms with van der Waals surface area (Å²) in [5.74, 6) is 9.67. The minimum Gasteiger partial charge on any atom is -0.496 e. The molecule has 10 heteroatoms. The topological polar surface area (TPSA) is 116 Å². The van der Waals surface area contributed by atoms with Crippen LogP contribution in [0.25, 0.3) is 44.6 Å². The lowest BCUT2D eigenvalue weighted by molar-refractivity contribution is 0.396. The summed E-state index contributed by atoms with van der Waals surface area (Å²) in [5, 5.41) is 0.617. The molecule has 0 aliphatic carbocycles. The molecule has 6 aromatic rings. The number of ether oxygens (including phenoxy) is 6. The van der Waals surface area contributed by atoms with Crippen molar-refractivity contribution in [3.63, 3.8) is 0 Å². The van der Waals surface area contributed by atoms with Crippen molar-refractivity contribution in [2.45, 2.75) is 0 Å². The molecule has 0 saturated carbocycles. The second kappa shape index (κ2) is 13.2. The second-order valence-corrected chi connectivity index (χ2v) is 10.4. The standard InChI is InChI=1S/C38H30O10/c1-41-25-15-33(45-5)37-27(39)19-31(47-35(37)17-25)23-9-11-29(43-3)21(13-23)7-8-22-14-24(10-12-30(22)44-4)32-20-28(40)38-34(46-6)16-26(42-2)18-36(38)48-32/h9-20H,1-6H3. The third-order valence-corrected chi connectivity index (χ3v) is 7.75. The van der Waals surface area contributed by atoms with Crippen molar-refractivity contribution < 1.29 is 37.3 Å².